The van der Waals surface area contributed by atoms with E-state index in [-0.39, 0.29) is 0 Å². The van der Waals surface area contributed by atoms with E-state index in [9.17, 15) is 14.5 Å². The standard InChI is InChI=1S/C13H17FN2O3/c14-12-9-11(4-5-13(12)16(17)18)19-8-6-10-3-1-2-7-15-10/h4-5,9-10,15H,1-3,6-8H2. The Kier molecular flexibility index (Phi) is 4.68. The molecule has 1 aromatic carbocycles. The van der Waals surface area contributed by atoms with Crippen LogP contribution in [-0.4, -0.2) is 24.1 Å². The zero-order valence-electron chi connectivity index (χ0n) is 10.6. The molecule has 5 nitrogen and oxygen atoms in total. The van der Waals surface area contributed by atoms with Crippen molar-refractivity contribution in [3.8, 4) is 5.75 Å². The highest BCUT2D eigenvalue weighted by Gasteiger charge is 2.15. The smallest absolute Gasteiger partial charge is 0.305 e. The number of benzene rings is 1. The van der Waals surface area contributed by atoms with E-state index in [1.54, 1.807) is 0 Å². The molecule has 1 unspecified atom stereocenters. The summed E-state index contributed by atoms with van der Waals surface area (Å²) in [7, 11) is 0. The molecule has 0 amide bonds. The summed E-state index contributed by atoms with van der Waals surface area (Å²) in [5.74, 6) is -0.530. The number of rotatable bonds is 5. The number of ether oxygens (including phenoxy) is 1. The Morgan fingerprint density at radius 3 is 2.95 bits per heavy atom. The number of halogens is 1. The Hall–Kier alpha value is -1.69. The van der Waals surface area contributed by atoms with Gasteiger partial charge in [-0.15, -0.1) is 0 Å². The first-order valence-electron chi connectivity index (χ1n) is 6.47. The summed E-state index contributed by atoms with van der Waals surface area (Å²) in [5.41, 5.74) is -0.527. The molecule has 1 saturated heterocycles. The maximum atomic E-state index is 13.3. The monoisotopic (exact) mass is 268 g/mol. The number of nitro benzene ring substituents is 1. The molecule has 1 aliphatic heterocycles. The highest BCUT2D eigenvalue weighted by Crippen LogP contribution is 2.22. The zero-order chi connectivity index (χ0) is 13.7. The lowest BCUT2D eigenvalue weighted by molar-refractivity contribution is -0.387. The van der Waals surface area contributed by atoms with Gasteiger partial charge in [-0.05, 0) is 31.9 Å². The molecule has 2 rings (SSSR count). The minimum Gasteiger partial charge on any atom is -0.493 e. The van der Waals surface area contributed by atoms with Gasteiger partial charge in [-0.25, -0.2) is 0 Å². The molecule has 1 N–H and O–H groups in total. The second-order valence-corrected chi connectivity index (χ2v) is 4.65. The van der Waals surface area contributed by atoms with Crippen molar-refractivity contribution in [2.24, 2.45) is 0 Å². The fourth-order valence-electron chi connectivity index (χ4n) is 2.21. The fourth-order valence-corrected chi connectivity index (χ4v) is 2.21. The van der Waals surface area contributed by atoms with E-state index < -0.39 is 16.4 Å². The van der Waals surface area contributed by atoms with Gasteiger partial charge in [-0.2, -0.15) is 4.39 Å². The van der Waals surface area contributed by atoms with Crippen molar-refractivity contribution in [1.29, 1.82) is 0 Å². The molecule has 6 heteroatoms. The molecule has 0 bridgehead atoms. The molecule has 1 heterocycles. The van der Waals surface area contributed by atoms with Gasteiger partial charge in [-0.1, -0.05) is 6.42 Å². The van der Waals surface area contributed by atoms with Crippen molar-refractivity contribution in [3.63, 3.8) is 0 Å². The van der Waals surface area contributed by atoms with Crippen molar-refractivity contribution < 1.29 is 14.1 Å². The molecule has 0 saturated carbocycles. The number of nitrogens with one attached hydrogen (secondary N) is 1. The minimum atomic E-state index is -0.863. The van der Waals surface area contributed by atoms with Gasteiger partial charge in [0.2, 0.25) is 5.82 Å². The van der Waals surface area contributed by atoms with E-state index in [0.717, 1.165) is 31.5 Å². The summed E-state index contributed by atoms with van der Waals surface area (Å²) < 4.78 is 18.8. The third-order valence-electron chi connectivity index (χ3n) is 3.26. The first-order chi connectivity index (χ1) is 9.16. The molecule has 0 radical (unpaired) electrons. The van der Waals surface area contributed by atoms with Gasteiger partial charge in [0, 0.05) is 18.2 Å². The Balaban J connectivity index is 1.82. The van der Waals surface area contributed by atoms with E-state index in [1.807, 2.05) is 0 Å². The van der Waals surface area contributed by atoms with Crippen molar-refractivity contribution in [1.82, 2.24) is 5.32 Å². The van der Waals surface area contributed by atoms with Crippen LogP contribution in [0.4, 0.5) is 10.1 Å². The average Bonchev–Trinajstić information content (AvgIpc) is 2.39. The Morgan fingerprint density at radius 2 is 2.32 bits per heavy atom. The van der Waals surface area contributed by atoms with Crippen LogP contribution in [0.2, 0.25) is 0 Å². The van der Waals surface area contributed by atoms with Crippen LogP contribution < -0.4 is 10.1 Å². The van der Waals surface area contributed by atoms with Gasteiger partial charge >= 0.3 is 5.69 Å². The normalized spacial score (nSPS) is 19.1. The number of hydrogen-bond acceptors (Lipinski definition) is 4. The van der Waals surface area contributed by atoms with Crippen LogP contribution in [0.25, 0.3) is 0 Å². The van der Waals surface area contributed by atoms with Crippen molar-refractivity contribution in [2.45, 2.75) is 31.7 Å². The fraction of sp³-hybridized carbons (Fsp3) is 0.538. The Morgan fingerprint density at radius 1 is 1.47 bits per heavy atom. The Labute approximate surface area is 110 Å². The predicted octanol–water partition coefficient (Wildman–Crippen LogP) is 2.64. The van der Waals surface area contributed by atoms with Gasteiger partial charge in [0.1, 0.15) is 5.75 Å². The highest BCUT2D eigenvalue weighted by atomic mass is 19.1. The van der Waals surface area contributed by atoms with Crippen LogP contribution in [0.15, 0.2) is 18.2 Å². The molecule has 19 heavy (non-hydrogen) atoms. The van der Waals surface area contributed by atoms with Crippen LogP contribution >= 0.6 is 0 Å². The summed E-state index contributed by atoms with van der Waals surface area (Å²) >= 11 is 0. The number of nitro groups is 1. The van der Waals surface area contributed by atoms with E-state index in [4.69, 9.17) is 4.74 Å². The first kappa shape index (κ1) is 13.7. The maximum Gasteiger partial charge on any atom is 0.305 e. The Bertz CT molecular complexity index is 448. The lowest BCUT2D eigenvalue weighted by atomic mass is 10.0. The number of nitrogens with zero attached hydrogens (tertiary/aromatic N) is 1. The number of piperidine rings is 1. The summed E-state index contributed by atoms with van der Waals surface area (Å²) in [6, 6.07) is 4.07. The minimum absolute atomic E-state index is 0.332. The quantitative estimate of drug-likeness (QED) is 0.658. The molecular formula is C13H17FN2O3. The van der Waals surface area contributed by atoms with E-state index in [2.05, 4.69) is 5.32 Å². The van der Waals surface area contributed by atoms with Crippen molar-refractivity contribution in [2.75, 3.05) is 13.2 Å². The molecule has 1 atom stereocenters. The van der Waals surface area contributed by atoms with Crippen LogP contribution in [0, 0.1) is 15.9 Å². The molecule has 0 spiro atoms. The zero-order valence-corrected chi connectivity index (χ0v) is 10.6. The van der Waals surface area contributed by atoms with Crippen molar-refractivity contribution in [3.05, 3.63) is 34.1 Å². The first-order valence-corrected chi connectivity index (χ1v) is 6.47. The van der Waals surface area contributed by atoms with Crippen LogP contribution in [0.3, 0.4) is 0 Å². The molecule has 1 aliphatic rings. The third kappa shape index (κ3) is 3.89. The summed E-state index contributed by atoms with van der Waals surface area (Å²) in [6.45, 7) is 1.52. The molecular weight excluding hydrogens is 251 g/mol. The van der Waals surface area contributed by atoms with E-state index in [0.29, 0.717) is 18.4 Å². The third-order valence-corrected chi connectivity index (χ3v) is 3.26. The summed E-state index contributed by atoms with van der Waals surface area (Å²) in [4.78, 5) is 9.73. The molecule has 0 aliphatic carbocycles. The van der Waals surface area contributed by atoms with E-state index >= 15 is 0 Å². The van der Waals surface area contributed by atoms with Gasteiger partial charge in [-0.3, -0.25) is 10.1 Å². The molecule has 0 aromatic heterocycles. The maximum absolute atomic E-state index is 13.3. The number of hydrogen-bond donors (Lipinski definition) is 1. The van der Waals surface area contributed by atoms with Gasteiger partial charge in [0.05, 0.1) is 11.5 Å². The highest BCUT2D eigenvalue weighted by molar-refractivity contribution is 5.37. The average molecular weight is 268 g/mol. The van der Waals surface area contributed by atoms with Crippen LogP contribution in [0.5, 0.6) is 5.75 Å². The molecule has 1 fully saturated rings. The van der Waals surface area contributed by atoms with Gasteiger partial charge in [0.15, 0.2) is 0 Å². The molecule has 104 valence electrons. The second-order valence-electron chi connectivity index (χ2n) is 4.65. The van der Waals surface area contributed by atoms with E-state index in [1.165, 1.54) is 18.9 Å². The summed E-state index contributed by atoms with van der Waals surface area (Å²) in [6.07, 6.45) is 4.44. The van der Waals surface area contributed by atoms with Crippen molar-refractivity contribution >= 4 is 5.69 Å². The predicted molar refractivity (Wildman–Crippen MR) is 68.8 cm³/mol. The largest absolute Gasteiger partial charge is 0.493 e. The lowest BCUT2D eigenvalue weighted by Gasteiger charge is -2.23. The second kappa shape index (κ2) is 6.47. The van der Waals surface area contributed by atoms with Crippen LogP contribution in [-0.2, 0) is 0 Å². The topological polar surface area (TPSA) is 64.4 Å². The lowest BCUT2D eigenvalue weighted by Crippen LogP contribution is -2.35. The SMILES string of the molecule is O=[N+]([O-])c1ccc(OCCC2CCCCN2)cc1F. The van der Waals surface area contributed by atoms with Crippen LogP contribution in [0.1, 0.15) is 25.7 Å². The van der Waals surface area contributed by atoms with Gasteiger partial charge < -0.3 is 10.1 Å². The molecule has 1 aromatic rings. The van der Waals surface area contributed by atoms with Gasteiger partial charge in [0.25, 0.3) is 0 Å². The summed E-state index contributed by atoms with van der Waals surface area (Å²) in [5, 5.41) is 13.9.